The Morgan fingerprint density at radius 2 is 2.06 bits per heavy atom. The van der Waals surface area contributed by atoms with E-state index in [1.807, 2.05) is 0 Å². The molecule has 0 aromatic heterocycles. The molecule has 1 N–H and O–H groups in total. The van der Waals surface area contributed by atoms with Gasteiger partial charge in [-0.25, -0.2) is 0 Å². The molecule has 3 heteroatoms. The lowest BCUT2D eigenvalue weighted by molar-refractivity contribution is -0.123. The van der Waals surface area contributed by atoms with Gasteiger partial charge in [0.05, 0.1) is 0 Å². The van der Waals surface area contributed by atoms with E-state index in [4.69, 9.17) is 0 Å². The van der Waals surface area contributed by atoms with Gasteiger partial charge in [-0.05, 0) is 42.3 Å². The molecule has 0 aliphatic heterocycles. The van der Waals surface area contributed by atoms with Crippen molar-refractivity contribution in [2.75, 3.05) is 5.75 Å². The summed E-state index contributed by atoms with van der Waals surface area (Å²) in [5.41, 5.74) is 0.531. The Morgan fingerprint density at radius 3 is 2.50 bits per heavy atom. The van der Waals surface area contributed by atoms with Gasteiger partial charge in [0.15, 0.2) is 0 Å². The van der Waals surface area contributed by atoms with Crippen molar-refractivity contribution in [3.63, 3.8) is 0 Å². The molecule has 0 bridgehead atoms. The van der Waals surface area contributed by atoms with Crippen LogP contribution >= 0.6 is 12.6 Å². The van der Waals surface area contributed by atoms with Crippen LogP contribution in [-0.4, -0.2) is 17.7 Å². The molecule has 0 radical (unpaired) electrons. The largest absolute Gasteiger partial charge is 0.353 e. The second-order valence-corrected chi connectivity index (χ2v) is 6.65. The molecule has 16 heavy (non-hydrogen) atoms. The van der Waals surface area contributed by atoms with Crippen LogP contribution in [0.4, 0.5) is 0 Å². The van der Waals surface area contributed by atoms with E-state index in [1.54, 1.807) is 0 Å². The number of amides is 1. The highest BCUT2D eigenvalue weighted by Crippen LogP contribution is 2.49. The monoisotopic (exact) mass is 241 g/mol. The zero-order chi connectivity index (χ0) is 11.8. The lowest BCUT2D eigenvalue weighted by Crippen LogP contribution is -2.42. The van der Waals surface area contributed by atoms with Crippen molar-refractivity contribution in [2.45, 2.75) is 58.4 Å². The van der Waals surface area contributed by atoms with Crippen molar-refractivity contribution in [3.8, 4) is 0 Å². The van der Waals surface area contributed by atoms with Gasteiger partial charge in [-0.1, -0.05) is 20.3 Å². The normalized spacial score (nSPS) is 30.1. The van der Waals surface area contributed by atoms with Crippen LogP contribution in [0.5, 0.6) is 0 Å². The summed E-state index contributed by atoms with van der Waals surface area (Å²) < 4.78 is 0. The average molecular weight is 241 g/mol. The third-order valence-corrected chi connectivity index (χ3v) is 5.09. The number of rotatable bonds is 4. The highest BCUT2D eigenvalue weighted by molar-refractivity contribution is 7.80. The van der Waals surface area contributed by atoms with Crippen LogP contribution in [0.1, 0.15) is 52.4 Å². The number of nitrogens with one attached hydrogen (secondary N) is 1. The summed E-state index contributed by atoms with van der Waals surface area (Å²) in [5.74, 6) is 1.10. The standard InChI is InChI=1S/C13H23NOS/c1-12(2)5-3-4-10(12)14-11(15)8-13(9-16)6-7-13/h10,16H,3-9H2,1-2H3,(H,14,15). The van der Waals surface area contributed by atoms with Crippen LogP contribution in [0, 0.1) is 10.8 Å². The maximum absolute atomic E-state index is 12.0. The van der Waals surface area contributed by atoms with E-state index < -0.39 is 0 Å². The minimum Gasteiger partial charge on any atom is -0.353 e. The second kappa shape index (κ2) is 4.25. The minimum atomic E-state index is 0.242. The summed E-state index contributed by atoms with van der Waals surface area (Å²) in [5, 5.41) is 3.23. The molecular weight excluding hydrogens is 218 g/mol. The van der Waals surface area contributed by atoms with Crippen molar-refractivity contribution < 1.29 is 4.79 Å². The summed E-state index contributed by atoms with van der Waals surface area (Å²) >= 11 is 4.34. The van der Waals surface area contributed by atoms with Crippen molar-refractivity contribution in [3.05, 3.63) is 0 Å². The Hall–Kier alpha value is -0.180. The van der Waals surface area contributed by atoms with Gasteiger partial charge in [-0.3, -0.25) is 4.79 Å². The second-order valence-electron chi connectivity index (χ2n) is 6.34. The number of thiol groups is 1. The first-order valence-corrected chi connectivity index (χ1v) is 7.01. The predicted molar refractivity (Wildman–Crippen MR) is 69.7 cm³/mol. The Labute approximate surface area is 104 Å². The van der Waals surface area contributed by atoms with Crippen LogP contribution < -0.4 is 5.32 Å². The molecule has 0 heterocycles. The van der Waals surface area contributed by atoms with Gasteiger partial charge in [0.25, 0.3) is 0 Å². The molecule has 2 saturated carbocycles. The summed E-state index contributed by atoms with van der Waals surface area (Å²) in [6.07, 6.45) is 6.66. The lowest BCUT2D eigenvalue weighted by atomic mass is 9.87. The molecule has 1 atom stereocenters. The summed E-state index contributed by atoms with van der Waals surface area (Å²) in [6, 6.07) is 0.385. The molecule has 0 spiro atoms. The topological polar surface area (TPSA) is 29.1 Å². The predicted octanol–water partition coefficient (Wildman–Crippen LogP) is 2.78. The van der Waals surface area contributed by atoms with Crippen LogP contribution in [0.15, 0.2) is 0 Å². The number of carbonyl (C=O) groups is 1. The van der Waals surface area contributed by atoms with Crippen LogP contribution in [0.2, 0.25) is 0 Å². The van der Waals surface area contributed by atoms with Crippen molar-refractivity contribution in [1.29, 1.82) is 0 Å². The SMILES string of the molecule is CC1(C)CCCC1NC(=O)CC1(CS)CC1. The molecular formula is C13H23NOS. The van der Waals surface area contributed by atoms with E-state index in [9.17, 15) is 4.79 Å². The fraction of sp³-hybridized carbons (Fsp3) is 0.923. The van der Waals surface area contributed by atoms with Crippen LogP contribution in [-0.2, 0) is 4.79 Å². The molecule has 1 amide bonds. The molecule has 0 saturated heterocycles. The number of hydrogen-bond acceptors (Lipinski definition) is 2. The van der Waals surface area contributed by atoms with E-state index in [2.05, 4.69) is 31.8 Å². The van der Waals surface area contributed by atoms with Gasteiger partial charge in [0.2, 0.25) is 5.91 Å². The fourth-order valence-electron chi connectivity index (χ4n) is 2.75. The number of carbonyl (C=O) groups excluding carboxylic acids is 1. The van der Waals surface area contributed by atoms with E-state index in [1.165, 1.54) is 25.7 Å². The smallest absolute Gasteiger partial charge is 0.220 e. The molecule has 92 valence electrons. The highest BCUT2D eigenvalue weighted by Gasteiger charge is 2.44. The van der Waals surface area contributed by atoms with E-state index >= 15 is 0 Å². The number of hydrogen-bond donors (Lipinski definition) is 2. The Balaban J connectivity index is 1.83. The van der Waals surface area contributed by atoms with Crippen molar-refractivity contribution >= 4 is 18.5 Å². The Morgan fingerprint density at radius 1 is 1.38 bits per heavy atom. The van der Waals surface area contributed by atoms with Gasteiger partial charge in [-0.2, -0.15) is 12.6 Å². The highest BCUT2D eigenvalue weighted by atomic mass is 32.1. The van der Waals surface area contributed by atoms with Gasteiger partial charge >= 0.3 is 0 Å². The van der Waals surface area contributed by atoms with Crippen LogP contribution in [0.25, 0.3) is 0 Å². The van der Waals surface area contributed by atoms with E-state index in [0.717, 1.165) is 12.2 Å². The van der Waals surface area contributed by atoms with Crippen molar-refractivity contribution in [1.82, 2.24) is 5.32 Å². The Bertz CT molecular complexity index is 284. The van der Waals surface area contributed by atoms with E-state index in [-0.39, 0.29) is 16.7 Å². The maximum atomic E-state index is 12.0. The Kier molecular flexibility index (Phi) is 3.26. The van der Waals surface area contributed by atoms with Crippen molar-refractivity contribution in [2.24, 2.45) is 10.8 Å². The van der Waals surface area contributed by atoms with Crippen LogP contribution in [0.3, 0.4) is 0 Å². The first kappa shape index (κ1) is 12.3. The molecule has 0 aromatic rings. The van der Waals surface area contributed by atoms with E-state index in [0.29, 0.717) is 12.5 Å². The first-order chi connectivity index (χ1) is 7.47. The fourth-order valence-corrected chi connectivity index (χ4v) is 3.18. The zero-order valence-electron chi connectivity index (χ0n) is 10.4. The average Bonchev–Trinajstić information content (AvgIpc) is 2.89. The zero-order valence-corrected chi connectivity index (χ0v) is 11.3. The summed E-state index contributed by atoms with van der Waals surface area (Å²) in [6.45, 7) is 4.52. The summed E-state index contributed by atoms with van der Waals surface area (Å²) in [4.78, 5) is 12.0. The molecule has 2 aliphatic rings. The quantitative estimate of drug-likeness (QED) is 0.728. The maximum Gasteiger partial charge on any atom is 0.220 e. The first-order valence-electron chi connectivity index (χ1n) is 6.38. The molecule has 0 aromatic carbocycles. The van der Waals surface area contributed by atoms with Gasteiger partial charge < -0.3 is 5.32 Å². The lowest BCUT2D eigenvalue weighted by Gasteiger charge is -2.28. The third-order valence-electron chi connectivity index (χ3n) is 4.42. The van der Waals surface area contributed by atoms with Gasteiger partial charge in [0.1, 0.15) is 0 Å². The molecule has 2 rings (SSSR count). The molecule has 2 nitrogen and oxygen atoms in total. The molecule has 1 unspecified atom stereocenters. The molecule has 2 aliphatic carbocycles. The third kappa shape index (κ3) is 2.55. The summed E-state index contributed by atoms with van der Waals surface area (Å²) in [7, 11) is 0. The van der Waals surface area contributed by atoms with Gasteiger partial charge in [0, 0.05) is 12.5 Å². The van der Waals surface area contributed by atoms with Gasteiger partial charge in [-0.15, -0.1) is 0 Å². The minimum absolute atomic E-state index is 0.242. The molecule has 2 fully saturated rings.